The Labute approximate surface area is 137 Å². The molecule has 0 radical (unpaired) electrons. The molecular formula is C17H26N2O2S. The number of likely N-dealkylation sites (N-methyl/N-ethyl adjacent to an activating group) is 1. The molecule has 1 fully saturated rings. The zero-order valence-corrected chi connectivity index (χ0v) is 14.3. The molecule has 1 aromatic rings. The van der Waals surface area contributed by atoms with Gasteiger partial charge < -0.3 is 10.0 Å². The van der Waals surface area contributed by atoms with Crippen LogP contribution in [0.2, 0.25) is 0 Å². The first-order chi connectivity index (χ1) is 10.6. The van der Waals surface area contributed by atoms with Crippen LogP contribution < -0.4 is 0 Å². The maximum Gasteiger partial charge on any atom is 0.232 e. The van der Waals surface area contributed by atoms with E-state index < -0.39 is 0 Å². The fraction of sp³-hybridized carbons (Fsp3) is 0.588. The minimum Gasteiger partial charge on any atom is -0.396 e. The number of aryl methyl sites for hydroxylation is 1. The lowest BCUT2D eigenvalue weighted by Crippen LogP contribution is -2.53. The van der Waals surface area contributed by atoms with E-state index in [0.29, 0.717) is 5.75 Å². The Bertz CT molecular complexity index is 495. The molecule has 1 aromatic carbocycles. The SMILES string of the molecule is Cc1ccccc1CSCC(=O)N1CCN(C)[C@H](CCO)C1. The average molecular weight is 322 g/mol. The van der Waals surface area contributed by atoms with Gasteiger partial charge in [-0.1, -0.05) is 24.3 Å². The van der Waals surface area contributed by atoms with Gasteiger partial charge in [-0.25, -0.2) is 0 Å². The number of hydrogen-bond acceptors (Lipinski definition) is 4. The Morgan fingerprint density at radius 1 is 1.36 bits per heavy atom. The molecule has 5 heteroatoms. The molecule has 4 nitrogen and oxygen atoms in total. The average Bonchev–Trinajstić information content (AvgIpc) is 2.51. The maximum atomic E-state index is 12.4. The van der Waals surface area contributed by atoms with Crippen LogP contribution in [-0.4, -0.2) is 65.9 Å². The van der Waals surface area contributed by atoms with Gasteiger partial charge in [-0.05, 0) is 31.5 Å². The summed E-state index contributed by atoms with van der Waals surface area (Å²) in [5, 5.41) is 9.12. The smallest absolute Gasteiger partial charge is 0.232 e. The summed E-state index contributed by atoms with van der Waals surface area (Å²) in [6, 6.07) is 8.60. The van der Waals surface area contributed by atoms with E-state index in [1.165, 1.54) is 11.1 Å². The number of aliphatic hydroxyl groups is 1. The van der Waals surface area contributed by atoms with Gasteiger partial charge >= 0.3 is 0 Å². The second-order valence-electron chi connectivity index (χ2n) is 5.91. The fourth-order valence-electron chi connectivity index (χ4n) is 2.74. The van der Waals surface area contributed by atoms with E-state index in [-0.39, 0.29) is 18.6 Å². The highest BCUT2D eigenvalue weighted by molar-refractivity contribution is 7.99. The van der Waals surface area contributed by atoms with Crippen molar-refractivity contribution in [3.05, 3.63) is 35.4 Å². The van der Waals surface area contributed by atoms with Crippen LogP contribution in [0.25, 0.3) is 0 Å². The minimum atomic E-state index is 0.180. The van der Waals surface area contributed by atoms with Gasteiger partial charge in [0.15, 0.2) is 0 Å². The summed E-state index contributed by atoms with van der Waals surface area (Å²) in [6.07, 6.45) is 0.733. The highest BCUT2D eigenvalue weighted by Crippen LogP contribution is 2.17. The molecule has 0 bridgehead atoms. The number of carbonyl (C=O) groups is 1. The van der Waals surface area contributed by atoms with Crippen LogP contribution in [0.5, 0.6) is 0 Å². The number of piperazine rings is 1. The van der Waals surface area contributed by atoms with Crippen LogP contribution in [0.1, 0.15) is 17.5 Å². The Hall–Kier alpha value is -1.04. The Kier molecular flexibility index (Phi) is 6.73. The molecule has 1 aliphatic heterocycles. The molecule has 1 heterocycles. The van der Waals surface area contributed by atoms with Crippen molar-refractivity contribution in [1.29, 1.82) is 0 Å². The summed E-state index contributed by atoms with van der Waals surface area (Å²) < 4.78 is 0. The van der Waals surface area contributed by atoms with E-state index in [4.69, 9.17) is 5.11 Å². The molecule has 0 aliphatic carbocycles. The van der Waals surface area contributed by atoms with Gasteiger partial charge in [-0.15, -0.1) is 11.8 Å². The second kappa shape index (κ2) is 8.56. The van der Waals surface area contributed by atoms with E-state index in [1.54, 1.807) is 11.8 Å². The number of thioether (sulfide) groups is 1. The summed E-state index contributed by atoms with van der Waals surface area (Å²) in [7, 11) is 2.06. The third kappa shape index (κ3) is 4.73. The van der Waals surface area contributed by atoms with Crippen LogP contribution in [0.4, 0.5) is 0 Å². The molecule has 122 valence electrons. The largest absolute Gasteiger partial charge is 0.396 e. The normalized spacial score (nSPS) is 19.4. The number of carbonyl (C=O) groups excluding carboxylic acids is 1. The summed E-state index contributed by atoms with van der Waals surface area (Å²) in [5.74, 6) is 1.63. The highest BCUT2D eigenvalue weighted by atomic mass is 32.2. The topological polar surface area (TPSA) is 43.8 Å². The summed E-state index contributed by atoms with van der Waals surface area (Å²) in [5.41, 5.74) is 2.59. The van der Waals surface area contributed by atoms with Gasteiger partial charge in [0.1, 0.15) is 0 Å². The van der Waals surface area contributed by atoms with Crippen LogP contribution in [0, 0.1) is 6.92 Å². The molecule has 1 saturated heterocycles. The summed E-state index contributed by atoms with van der Waals surface area (Å²) in [4.78, 5) is 16.5. The first kappa shape index (κ1) is 17.3. The molecule has 1 aliphatic rings. The lowest BCUT2D eigenvalue weighted by molar-refractivity contribution is -0.131. The quantitative estimate of drug-likeness (QED) is 0.867. The van der Waals surface area contributed by atoms with Crippen LogP contribution in [0.15, 0.2) is 24.3 Å². The van der Waals surface area contributed by atoms with Crippen LogP contribution >= 0.6 is 11.8 Å². The molecule has 1 N–H and O–H groups in total. The number of nitrogens with zero attached hydrogens (tertiary/aromatic N) is 2. The monoisotopic (exact) mass is 322 g/mol. The van der Waals surface area contributed by atoms with Gasteiger partial charge in [-0.2, -0.15) is 0 Å². The third-order valence-electron chi connectivity index (χ3n) is 4.34. The number of amides is 1. The van der Waals surface area contributed by atoms with E-state index >= 15 is 0 Å². The van der Waals surface area contributed by atoms with Gasteiger partial charge in [0.2, 0.25) is 5.91 Å². The highest BCUT2D eigenvalue weighted by Gasteiger charge is 2.26. The first-order valence-electron chi connectivity index (χ1n) is 7.83. The third-order valence-corrected chi connectivity index (χ3v) is 5.30. The maximum absolute atomic E-state index is 12.4. The second-order valence-corrected chi connectivity index (χ2v) is 6.89. The molecule has 0 unspecified atom stereocenters. The number of hydrogen-bond donors (Lipinski definition) is 1. The van der Waals surface area contributed by atoms with Crippen molar-refractivity contribution in [2.45, 2.75) is 25.1 Å². The lowest BCUT2D eigenvalue weighted by Gasteiger charge is -2.39. The Morgan fingerprint density at radius 2 is 2.14 bits per heavy atom. The van der Waals surface area contributed by atoms with Crippen molar-refractivity contribution in [2.75, 3.05) is 39.0 Å². The molecule has 22 heavy (non-hydrogen) atoms. The number of aliphatic hydroxyl groups excluding tert-OH is 1. The van der Waals surface area contributed by atoms with E-state index in [0.717, 1.165) is 31.8 Å². The van der Waals surface area contributed by atoms with Gasteiger partial charge in [0.05, 0.1) is 5.75 Å². The predicted octanol–water partition coefficient (Wildman–Crippen LogP) is 1.75. The van der Waals surface area contributed by atoms with E-state index in [1.807, 2.05) is 17.0 Å². The fourth-order valence-corrected chi connectivity index (χ4v) is 3.75. The van der Waals surface area contributed by atoms with Crippen molar-refractivity contribution in [3.63, 3.8) is 0 Å². The van der Waals surface area contributed by atoms with Crippen molar-refractivity contribution < 1.29 is 9.90 Å². The zero-order chi connectivity index (χ0) is 15.9. The predicted molar refractivity (Wildman–Crippen MR) is 92.0 cm³/mol. The molecular weight excluding hydrogens is 296 g/mol. The van der Waals surface area contributed by atoms with Gasteiger partial charge in [0.25, 0.3) is 0 Å². The molecule has 0 saturated carbocycles. The summed E-state index contributed by atoms with van der Waals surface area (Å²) >= 11 is 1.68. The molecule has 1 atom stereocenters. The van der Waals surface area contributed by atoms with Crippen LogP contribution in [-0.2, 0) is 10.5 Å². The molecule has 0 aromatic heterocycles. The van der Waals surface area contributed by atoms with E-state index in [9.17, 15) is 4.79 Å². The van der Waals surface area contributed by atoms with Crippen molar-refractivity contribution >= 4 is 17.7 Å². The van der Waals surface area contributed by atoms with Crippen molar-refractivity contribution in [3.8, 4) is 0 Å². The van der Waals surface area contributed by atoms with Gasteiger partial charge in [-0.3, -0.25) is 9.69 Å². The van der Waals surface area contributed by atoms with Crippen molar-refractivity contribution in [2.24, 2.45) is 0 Å². The summed E-state index contributed by atoms with van der Waals surface area (Å²) in [6.45, 7) is 4.71. The standard InChI is InChI=1S/C17H26N2O2S/c1-14-5-3-4-6-15(14)12-22-13-17(21)19-9-8-18(2)16(11-19)7-10-20/h3-6,16,20H,7-13H2,1-2H3/t16-/m1/s1. The molecule has 2 rings (SSSR count). The first-order valence-corrected chi connectivity index (χ1v) is 8.98. The van der Waals surface area contributed by atoms with E-state index in [2.05, 4.69) is 31.0 Å². The number of rotatable bonds is 6. The van der Waals surface area contributed by atoms with Gasteiger partial charge in [0, 0.05) is 38.0 Å². The van der Waals surface area contributed by atoms with Crippen molar-refractivity contribution in [1.82, 2.24) is 9.80 Å². The Morgan fingerprint density at radius 3 is 2.86 bits per heavy atom. The van der Waals surface area contributed by atoms with Crippen LogP contribution in [0.3, 0.4) is 0 Å². The Balaban J connectivity index is 1.78. The minimum absolute atomic E-state index is 0.180. The lowest BCUT2D eigenvalue weighted by atomic mass is 10.1. The number of benzene rings is 1. The molecule has 0 spiro atoms. The molecule has 1 amide bonds. The zero-order valence-electron chi connectivity index (χ0n) is 13.5.